The van der Waals surface area contributed by atoms with Crippen LogP contribution in [-0.4, -0.2) is 180 Å². The number of carbonyl (C=O) groups excluding carboxylic acids is 4. The Balaban J connectivity index is 0.00000812. The summed E-state index contributed by atoms with van der Waals surface area (Å²) >= 11 is 0. The molecular formula is C36H52GaN7O12S. The summed E-state index contributed by atoms with van der Waals surface area (Å²) in [5.41, 5.74) is 0.237. The zero-order valence-corrected chi connectivity index (χ0v) is 35.3. The van der Waals surface area contributed by atoms with E-state index in [0.29, 0.717) is 25.1 Å². The van der Waals surface area contributed by atoms with Crippen molar-refractivity contribution in [3.8, 4) is 11.5 Å². The van der Waals surface area contributed by atoms with Crippen LogP contribution in [0.1, 0.15) is 43.0 Å². The molecule has 21 heteroatoms. The average molecular weight is 877 g/mol. The van der Waals surface area contributed by atoms with Crippen LogP contribution in [0.2, 0.25) is 0 Å². The number of rotatable bonds is 20. The molecule has 0 spiro atoms. The van der Waals surface area contributed by atoms with Crippen LogP contribution >= 0.6 is 0 Å². The van der Waals surface area contributed by atoms with Gasteiger partial charge in [-0.2, -0.15) is 0 Å². The van der Waals surface area contributed by atoms with E-state index in [2.05, 4.69) is 10.6 Å². The average Bonchev–Trinajstić information content (AvgIpc) is 3.12. The van der Waals surface area contributed by atoms with Gasteiger partial charge in [-0.05, 0) is 43.5 Å². The standard InChI is InChI=1S/C36H53N7O11S.Ga.H2O/c1-2-3-11-38-29-23-27(24-31(55(37,52)53)34(29)54-28-8-5-4-6-9-28)35(49)39-12-7-10-30(36(50)51)43-19-17-40(21-22-44)13-14-41(25-32(45)46)15-16-42(18-20-43)26-33(47)48;;/h4-6,8-9,22-24,30,38H,2-3,7,10-21,25-26H2,1H3,(H,39,49)(H,45,46)(H,47,48)(H,50,51)(H2,37,52,53);;1H2/q;+3;/p-3. The fourth-order valence-electron chi connectivity index (χ4n) is 6.08. The minimum absolute atomic E-state index is 0. The fourth-order valence-corrected chi connectivity index (χ4v) is 6.78. The molecule has 3 rings (SSSR count). The normalized spacial score (nSPS) is 15.7. The first kappa shape index (κ1) is 51.0. The number of benzene rings is 2. The summed E-state index contributed by atoms with van der Waals surface area (Å²) in [7, 11) is -4.37. The molecule has 6 N–H and O–H groups in total. The van der Waals surface area contributed by atoms with Crippen molar-refractivity contribution in [3.05, 3.63) is 48.0 Å². The van der Waals surface area contributed by atoms with E-state index < -0.39 is 51.3 Å². The molecule has 1 aliphatic rings. The SMILES string of the molecule is CCCCNc1cc(C(=O)NCCCC(C(=O)O)N2CCN(CC=O)CCN(CC(=O)[O-])CCN(CC(=O)[O-])CC2)cc(S(N)(=O)=O)c1Oc1ccccc1.[Ga+3].[OH-]. The second-order valence-electron chi connectivity index (χ2n) is 13.1. The second kappa shape index (κ2) is 26.0. The van der Waals surface area contributed by atoms with Gasteiger partial charge in [-0.25, -0.2) is 13.6 Å². The number of nitrogens with one attached hydrogen (secondary N) is 2. The van der Waals surface area contributed by atoms with Crippen LogP contribution < -0.4 is 30.7 Å². The Hall–Kier alpha value is -4.06. The van der Waals surface area contributed by atoms with Gasteiger partial charge in [0.2, 0.25) is 10.0 Å². The van der Waals surface area contributed by atoms with Gasteiger partial charge < -0.3 is 50.5 Å². The van der Waals surface area contributed by atoms with E-state index in [1.807, 2.05) is 6.92 Å². The van der Waals surface area contributed by atoms with Crippen molar-refractivity contribution >= 4 is 65.6 Å². The third-order valence-corrected chi connectivity index (χ3v) is 9.92. The van der Waals surface area contributed by atoms with Crippen LogP contribution in [0.25, 0.3) is 0 Å². The molecule has 312 valence electrons. The van der Waals surface area contributed by atoms with Crippen molar-refractivity contribution in [2.45, 2.75) is 43.5 Å². The zero-order chi connectivity index (χ0) is 40.4. The summed E-state index contributed by atoms with van der Waals surface area (Å²) in [5.74, 6) is -4.10. The number of hydrogen-bond donors (Lipinski definition) is 4. The number of ether oxygens (including phenoxy) is 1. The molecule has 0 aromatic heterocycles. The van der Waals surface area contributed by atoms with E-state index in [4.69, 9.17) is 9.88 Å². The number of primary sulfonamides is 1. The van der Waals surface area contributed by atoms with Gasteiger partial charge in [0, 0.05) is 84.1 Å². The van der Waals surface area contributed by atoms with Gasteiger partial charge in [-0.1, -0.05) is 31.5 Å². The summed E-state index contributed by atoms with van der Waals surface area (Å²) in [5, 5.41) is 44.6. The topological polar surface area (TPSA) is 288 Å². The van der Waals surface area contributed by atoms with E-state index in [-0.39, 0.29) is 121 Å². The van der Waals surface area contributed by atoms with Gasteiger partial charge in [0.05, 0.1) is 24.2 Å². The fraction of sp³-hybridized carbons (Fsp3) is 0.528. The van der Waals surface area contributed by atoms with Gasteiger partial charge >= 0.3 is 25.8 Å². The molecule has 1 aliphatic heterocycles. The minimum atomic E-state index is -4.37. The predicted octanol–water partition coefficient (Wildman–Crippen LogP) is -2.34. The molecule has 1 amide bonds. The van der Waals surface area contributed by atoms with Gasteiger partial charge in [0.25, 0.3) is 5.91 Å². The number of nitrogens with two attached hydrogens (primary N) is 1. The first-order chi connectivity index (χ1) is 26.2. The van der Waals surface area contributed by atoms with Crippen molar-refractivity contribution in [1.82, 2.24) is 24.9 Å². The summed E-state index contributed by atoms with van der Waals surface area (Å²) in [6.45, 7) is 3.32. The van der Waals surface area contributed by atoms with Crippen LogP contribution in [0.3, 0.4) is 0 Å². The Labute approximate surface area is 345 Å². The maximum absolute atomic E-state index is 13.4. The summed E-state index contributed by atoms with van der Waals surface area (Å²) in [6.07, 6.45) is 2.59. The number of para-hydroxylation sites is 1. The molecular weight excluding hydrogens is 824 g/mol. The Morgan fingerprint density at radius 3 is 1.98 bits per heavy atom. The molecule has 0 bridgehead atoms. The monoisotopic (exact) mass is 875 g/mol. The van der Waals surface area contributed by atoms with Crippen LogP contribution in [0.5, 0.6) is 11.5 Å². The molecule has 0 saturated carbocycles. The molecule has 57 heavy (non-hydrogen) atoms. The third kappa shape index (κ3) is 18.0. The number of carboxylic acid groups (broad SMARTS) is 3. The van der Waals surface area contributed by atoms with Crippen molar-refractivity contribution in [2.24, 2.45) is 5.14 Å². The van der Waals surface area contributed by atoms with Gasteiger partial charge in [-0.15, -0.1) is 0 Å². The van der Waals surface area contributed by atoms with E-state index in [0.717, 1.165) is 18.9 Å². The van der Waals surface area contributed by atoms with Crippen molar-refractivity contribution in [2.75, 3.05) is 90.4 Å². The van der Waals surface area contributed by atoms with Crippen LogP contribution in [-0.2, 0) is 29.2 Å². The Morgan fingerprint density at radius 1 is 0.895 bits per heavy atom. The van der Waals surface area contributed by atoms with Gasteiger partial charge in [-0.3, -0.25) is 29.2 Å². The Bertz CT molecular complexity index is 1710. The maximum Gasteiger partial charge on any atom is 3.00 e. The molecule has 0 radical (unpaired) electrons. The van der Waals surface area contributed by atoms with Crippen molar-refractivity contribution < 1.29 is 57.9 Å². The molecule has 1 atom stereocenters. The predicted molar refractivity (Wildman–Crippen MR) is 205 cm³/mol. The van der Waals surface area contributed by atoms with Gasteiger partial charge in [0.15, 0.2) is 5.75 Å². The van der Waals surface area contributed by atoms with Gasteiger partial charge in [0.1, 0.15) is 23.0 Å². The number of aldehydes is 1. The molecule has 1 fully saturated rings. The number of nitrogens with zero attached hydrogens (tertiary/aromatic N) is 4. The van der Waals surface area contributed by atoms with E-state index in [9.17, 15) is 47.7 Å². The van der Waals surface area contributed by atoms with E-state index >= 15 is 0 Å². The molecule has 1 unspecified atom stereocenters. The summed E-state index contributed by atoms with van der Waals surface area (Å²) < 4.78 is 31.5. The van der Waals surface area contributed by atoms with Crippen LogP contribution in [0, 0.1) is 0 Å². The number of anilines is 1. The molecule has 2 aromatic rings. The minimum Gasteiger partial charge on any atom is -0.870 e. The van der Waals surface area contributed by atoms with Crippen LogP contribution in [0.4, 0.5) is 5.69 Å². The number of aliphatic carboxylic acids is 3. The van der Waals surface area contributed by atoms with E-state index in [1.165, 1.54) is 6.07 Å². The number of sulfonamides is 1. The summed E-state index contributed by atoms with van der Waals surface area (Å²) in [6, 6.07) is 10.1. The molecule has 1 saturated heterocycles. The maximum atomic E-state index is 13.4. The number of carbonyl (C=O) groups is 5. The smallest absolute Gasteiger partial charge is 0.870 e. The summed E-state index contributed by atoms with van der Waals surface area (Å²) in [4.78, 5) is 66.5. The first-order valence-electron chi connectivity index (χ1n) is 18.1. The third-order valence-electron chi connectivity index (χ3n) is 9.01. The number of amides is 1. The largest absolute Gasteiger partial charge is 3.00 e. The van der Waals surface area contributed by atoms with Crippen molar-refractivity contribution in [3.63, 3.8) is 0 Å². The zero-order valence-electron chi connectivity index (χ0n) is 32.0. The Kier molecular flexibility index (Phi) is 23.3. The van der Waals surface area contributed by atoms with Crippen LogP contribution in [0.15, 0.2) is 47.4 Å². The molecule has 1 heterocycles. The van der Waals surface area contributed by atoms with Crippen molar-refractivity contribution in [1.29, 1.82) is 0 Å². The second-order valence-corrected chi connectivity index (χ2v) is 14.7. The van der Waals surface area contributed by atoms with E-state index in [1.54, 1.807) is 49.9 Å². The molecule has 2 aromatic carbocycles. The number of carboxylic acids is 3. The Morgan fingerprint density at radius 2 is 1.46 bits per heavy atom. The number of unbranched alkanes of at least 4 members (excludes halogenated alkanes) is 1. The quantitative estimate of drug-likeness (QED) is 0.0616. The number of hydrogen-bond acceptors (Lipinski definition) is 16. The molecule has 19 nitrogen and oxygen atoms in total. The molecule has 0 aliphatic carbocycles. The first-order valence-corrected chi connectivity index (χ1v) is 19.7.